The minimum Gasteiger partial charge on any atom is -0.389 e. The molecule has 2 N–H and O–H groups in total. The van der Waals surface area contributed by atoms with E-state index in [1.807, 2.05) is 11.8 Å². The average Bonchev–Trinajstić information content (AvgIpc) is 3.07. The van der Waals surface area contributed by atoms with E-state index in [4.69, 9.17) is 4.74 Å². The Bertz CT molecular complexity index is 363. The van der Waals surface area contributed by atoms with Crippen LogP contribution in [-0.4, -0.2) is 47.5 Å². The summed E-state index contributed by atoms with van der Waals surface area (Å²) in [6.45, 7) is 1.75. The van der Waals surface area contributed by atoms with Crippen molar-refractivity contribution in [3.05, 3.63) is 0 Å². The highest BCUT2D eigenvalue weighted by Crippen LogP contribution is 2.60. The summed E-state index contributed by atoms with van der Waals surface area (Å²) < 4.78 is 6.03. The second-order valence-corrected chi connectivity index (χ2v) is 8.60. The van der Waals surface area contributed by atoms with Crippen LogP contribution in [-0.2, 0) is 4.74 Å². The largest absolute Gasteiger partial charge is 0.389 e. The zero-order valence-corrected chi connectivity index (χ0v) is 13.1. The fourth-order valence-electron chi connectivity index (χ4n) is 5.24. The second-order valence-electron chi connectivity index (χ2n) is 7.38. The third kappa shape index (κ3) is 2.06. The molecule has 4 rings (SSSR count). The number of nitrogens with one attached hydrogen (secondary N) is 1. The van der Waals surface area contributed by atoms with Crippen molar-refractivity contribution in [2.75, 3.05) is 24.7 Å². The van der Waals surface area contributed by atoms with E-state index >= 15 is 0 Å². The molecule has 0 bridgehead atoms. The Kier molecular flexibility index (Phi) is 3.57. The van der Waals surface area contributed by atoms with E-state index in [0.29, 0.717) is 17.6 Å². The first-order chi connectivity index (χ1) is 9.74. The summed E-state index contributed by atoms with van der Waals surface area (Å²) in [6, 6.07) is 0.608. The van der Waals surface area contributed by atoms with Gasteiger partial charge in [0.1, 0.15) is 0 Å². The summed E-state index contributed by atoms with van der Waals surface area (Å²) in [5.41, 5.74) is -0.0312. The minimum atomic E-state index is -0.449. The van der Waals surface area contributed by atoms with Crippen LogP contribution in [0.3, 0.4) is 0 Å². The van der Waals surface area contributed by atoms with Gasteiger partial charge in [0, 0.05) is 30.5 Å². The predicted octanol–water partition coefficient (Wildman–Crippen LogP) is 2.18. The molecule has 3 nitrogen and oxygen atoms in total. The van der Waals surface area contributed by atoms with E-state index < -0.39 is 5.60 Å². The van der Waals surface area contributed by atoms with Gasteiger partial charge in [0.2, 0.25) is 0 Å². The summed E-state index contributed by atoms with van der Waals surface area (Å²) in [5.74, 6) is 2.95. The van der Waals surface area contributed by atoms with Crippen molar-refractivity contribution >= 4 is 11.8 Å². The SMILES string of the molecule is OC1(CNC2C3CCOC3C23CCCC3)CCSCC1. The summed E-state index contributed by atoms with van der Waals surface area (Å²) in [5, 5.41) is 14.5. The van der Waals surface area contributed by atoms with E-state index in [-0.39, 0.29) is 0 Å². The van der Waals surface area contributed by atoms with Crippen molar-refractivity contribution in [2.24, 2.45) is 11.3 Å². The lowest BCUT2D eigenvalue weighted by atomic mass is 9.54. The van der Waals surface area contributed by atoms with Crippen LogP contribution in [0.1, 0.15) is 44.9 Å². The molecule has 4 fully saturated rings. The normalized spacial score (nSPS) is 41.5. The van der Waals surface area contributed by atoms with Crippen LogP contribution in [0.25, 0.3) is 0 Å². The molecule has 114 valence electrons. The molecule has 2 aliphatic carbocycles. The lowest BCUT2D eigenvalue weighted by Crippen LogP contribution is -2.68. The lowest BCUT2D eigenvalue weighted by molar-refractivity contribution is -0.135. The molecule has 2 saturated carbocycles. The van der Waals surface area contributed by atoms with Crippen LogP contribution >= 0.6 is 11.8 Å². The van der Waals surface area contributed by atoms with Gasteiger partial charge in [0.25, 0.3) is 0 Å². The number of thioether (sulfide) groups is 1. The maximum Gasteiger partial charge on any atom is 0.0787 e. The number of aliphatic hydroxyl groups is 1. The highest BCUT2D eigenvalue weighted by atomic mass is 32.2. The van der Waals surface area contributed by atoms with E-state index in [1.165, 1.54) is 32.1 Å². The molecule has 20 heavy (non-hydrogen) atoms. The molecule has 0 aromatic rings. The molecular formula is C16H27NO2S. The molecule has 2 heterocycles. The Morgan fingerprint density at radius 1 is 1.15 bits per heavy atom. The monoisotopic (exact) mass is 297 g/mol. The van der Waals surface area contributed by atoms with Crippen LogP contribution in [0.4, 0.5) is 0 Å². The maximum atomic E-state index is 10.7. The van der Waals surface area contributed by atoms with Gasteiger partial charge in [0.05, 0.1) is 11.7 Å². The fourth-order valence-corrected chi connectivity index (χ4v) is 6.49. The molecule has 2 aliphatic heterocycles. The molecule has 0 radical (unpaired) electrons. The van der Waals surface area contributed by atoms with Crippen molar-refractivity contribution < 1.29 is 9.84 Å². The van der Waals surface area contributed by atoms with E-state index in [2.05, 4.69) is 5.32 Å². The van der Waals surface area contributed by atoms with Gasteiger partial charge in [-0.05, 0) is 43.6 Å². The number of fused-ring (bicyclic) bond motifs is 2. The van der Waals surface area contributed by atoms with Crippen LogP contribution in [0.2, 0.25) is 0 Å². The van der Waals surface area contributed by atoms with Crippen LogP contribution in [0, 0.1) is 11.3 Å². The topological polar surface area (TPSA) is 41.5 Å². The average molecular weight is 297 g/mol. The fraction of sp³-hybridized carbons (Fsp3) is 1.00. The second kappa shape index (κ2) is 5.15. The van der Waals surface area contributed by atoms with Gasteiger partial charge in [-0.3, -0.25) is 0 Å². The number of ether oxygens (including phenoxy) is 1. The Morgan fingerprint density at radius 2 is 1.90 bits per heavy atom. The van der Waals surface area contributed by atoms with Crippen LogP contribution < -0.4 is 5.32 Å². The quantitative estimate of drug-likeness (QED) is 0.838. The van der Waals surface area contributed by atoms with Gasteiger partial charge >= 0.3 is 0 Å². The highest BCUT2D eigenvalue weighted by Gasteiger charge is 2.64. The van der Waals surface area contributed by atoms with Crippen molar-refractivity contribution in [3.63, 3.8) is 0 Å². The molecule has 4 heteroatoms. The van der Waals surface area contributed by atoms with Crippen LogP contribution in [0.5, 0.6) is 0 Å². The number of hydrogen-bond acceptors (Lipinski definition) is 4. The first kappa shape index (κ1) is 13.9. The molecule has 0 amide bonds. The molecule has 3 atom stereocenters. The summed E-state index contributed by atoms with van der Waals surface area (Å²) >= 11 is 1.98. The molecule has 2 saturated heterocycles. The first-order valence-corrected chi connectivity index (χ1v) is 9.54. The molecule has 1 spiro atoms. The number of hydrogen-bond donors (Lipinski definition) is 2. The molecular weight excluding hydrogens is 270 g/mol. The molecule has 0 aromatic heterocycles. The lowest BCUT2D eigenvalue weighted by Gasteiger charge is -2.57. The third-order valence-electron chi connectivity index (χ3n) is 6.36. The van der Waals surface area contributed by atoms with Gasteiger partial charge in [-0.25, -0.2) is 0 Å². The van der Waals surface area contributed by atoms with Crippen molar-refractivity contribution in [1.82, 2.24) is 5.32 Å². The summed E-state index contributed by atoms with van der Waals surface area (Å²) in [6.07, 6.45) is 9.05. The minimum absolute atomic E-state index is 0.418. The Balaban J connectivity index is 1.42. The van der Waals surface area contributed by atoms with Crippen LogP contribution in [0.15, 0.2) is 0 Å². The molecule has 3 unspecified atom stereocenters. The van der Waals surface area contributed by atoms with Crippen molar-refractivity contribution in [3.8, 4) is 0 Å². The van der Waals surface area contributed by atoms with Gasteiger partial charge in [-0.2, -0.15) is 11.8 Å². The maximum absolute atomic E-state index is 10.7. The van der Waals surface area contributed by atoms with Gasteiger partial charge in [0.15, 0.2) is 0 Å². The standard InChI is InChI=1S/C16H27NO2S/c18-15(6-9-20-10-7-15)11-17-13-12-3-8-19-14(12)16(13)4-1-2-5-16/h12-14,17-18H,1-11H2. The molecule has 0 aromatic carbocycles. The van der Waals surface area contributed by atoms with E-state index in [1.54, 1.807) is 0 Å². The highest BCUT2D eigenvalue weighted by molar-refractivity contribution is 7.99. The van der Waals surface area contributed by atoms with Gasteiger partial charge in [-0.1, -0.05) is 12.8 Å². The zero-order valence-electron chi connectivity index (χ0n) is 12.3. The smallest absolute Gasteiger partial charge is 0.0787 e. The predicted molar refractivity (Wildman–Crippen MR) is 82.0 cm³/mol. The summed E-state index contributed by atoms with van der Waals surface area (Å²) in [7, 11) is 0. The Hall–Kier alpha value is 0.230. The Labute approximate surface area is 126 Å². The number of rotatable bonds is 3. The summed E-state index contributed by atoms with van der Waals surface area (Å²) in [4.78, 5) is 0. The third-order valence-corrected chi connectivity index (χ3v) is 7.35. The van der Waals surface area contributed by atoms with Crippen molar-refractivity contribution in [2.45, 2.75) is 62.7 Å². The van der Waals surface area contributed by atoms with E-state index in [0.717, 1.165) is 43.4 Å². The molecule has 4 aliphatic rings. The first-order valence-electron chi connectivity index (χ1n) is 8.39. The van der Waals surface area contributed by atoms with Crippen molar-refractivity contribution in [1.29, 1.82) is 0 Å². The zero-order chi connectivity index (χ0) is 13.6. The Morgan fingerprint density at radius 3 is 2.65 bits per heavy atom. The van der Waals surface area contributed by atoms with Gasteiger partial charge in [-0.15, -0.1) is 0 Å². The van der Waals surface area contributed by atoms with Gasteiger partial charge < -0.3 is 15.2 Å². The van der Waals surface area contributed by atoms with E-state index in [9.17, 15) is 5.11 Å².